The van der Waals surface area contributed by atoms with E-state index in [9.17, 15) is 4.79 Å². The summed E-state index contributed by atoms with van der Waals surface area (Å²) in [6.07, 6.45) is 4.77. The third kappa shape index (κ3) is 7.73. The van der Waals surface area contributed by atoms with Crippen molar-refractivity contribution >= 4 is 38.3 Å². The number of hydrogen-bond acceptors (Lipinski definition) is 5. The molecular formula is C25H35LiO5P. The molecule has 0 spiro atoms. The van der Waals surface area contributed by atoms with Crippen molar-refractivity contribution in [3.8, 4) is 23.0 Å². The van der Waals surface area contributed by atoms with Crippen molar-refractivity contribution in [1.82, 2.24) is 0 Å². The molecule has 2 atom stereocenters. The Morgan fingerprint density at radius 1 is 0.969 bits per heavy atom. The summed E-state index contributed by atoms with van der Waals surface area (Å²) in [5, 5.41) is 0.982. The largest absolute Gasteiger partial charge is 0.496 e. The molecule has 7 heteroatoms. The summed E-state index contributed by atoms with van der Waals surface area (Å²) < 4.78 is 22.2. The fraction of sp³-hybridized carbons (Fsp3) is 0.480. The smallest absolute Gasteiger partial charge is 0.193 e. The number of carbonyl (C=O) groups is 1. The minimum absolute atomic E-state index is 0. The molecule has 0 aliphatic rings. The van der Waals surface area contributed by atoms with E-state index in [1.807, 2.05) is 25.1 Å². The number of benzene rings is 2. The molecular weight excluding hydrogens is 418 g/mol. The maximum absolute atomic E-state index is 13.1. The topological polar surface area (TPSA) is 54.0 Å². The van der Waals surface area contributed by atoms with Crippen LogP contribution in [0.15, 0.2) is 30.3 Å². The van der Waals surface area contributed by atoms with Crippen molar-refractivity contribution in [1.29, 1.82) is 0 Å². The fourth-order valence-electron chi connectivity index (χ4n) is 3.39. The van der Waals surface area contributed by atoms with Gasteiger partial charge in [-0.2, -0.15) is 0 Å². The minimum atomic E-state index is -0.0507. The van der Waals surface area contributed by atoms with Gasteiger partial charge < -0.3 is 18.9 Å². The molecule has 0 bridgehead atoms. The van der Waals surface area contributed by atoms with Gasteiger partial charge in [0.05, 0.1) is 27.9 Å². The van der Waals surface area contributed by atoms with Gasteiger partial charge in [0, 0.05) is 31.0 Å². The van der Waals surface area contributed by atoms with Crippen molar-refractivity contribution in [2.24, 2.45) is 5.92 Å². The maximum Gasteiger partial charge on any atom is 0.193 e. The first kappa shape index (κ1) is 28.4. The van der Waals surface area contributed by atoms with Crippen LogP contribution in [0.25, 0.3) is 0 Å². The molecule has 5 nitrogen and oxygen atoms in total. The molecule has 171 valence electrons. The van der Waals surface area contributed by atoms with Crippen LogP contribution in [0, 0.1) is 12.8 Å². The predicted molar refractivity (Wildman–Crippen MR) is 134 cm³/mol. The van der Waals surface area contributed by atoms with Crippen LogP contribution < -0.4 is 24.3 Å². The number of methoxy groups -OCH3 is 3. The molecule has 0 aliphatic carbocycles. The van der Waals surface area contributed by atoms with E-state index in [-0.39, 0.29) is 33.0 Å². The Bertz CT molecular complexity index is 846. The summed E-state index contributed by atoms with van der Waals surface area (Å²) in [5.41, 5.74) is 1.43. The number of ether oxygens (including phenoxy) is 4. The van der Waals surface area contributed by atoms with E-state index in [4.69, 9.17) is 18.9 Å². The Hall–Kier alpha value is -1.66. The molecule has 2 aromatic carbocycles. The number of carbonyl (C=O) groups excluding carboxylic acids is 1. The summed E-state index contributed by atoms with van der Waals surface area (Å²) in [6, 6.07) is 9.36. The van der Waals surface area contributed by atoms with E-state index in [0.29, 0.717) is 28.7 Å². The van der Waals surface area contributed by atoms with Crippen LogP contribution >= 0.6 is 8.58 Å². The van der Waals surface area contributed by atoms with Crippen LogP contribution in [0.4, 0.5) is 0 Å². The van der Waals surface area contributed by atoms with Crippen molar-refractivity contribution in [3.63, 3.8) is 0 Å². The van der Waals surface area contributed by atoms with Crippen LogP contribution in [0.5, 0.6) is 23.0 Å². The average molecular weight is 453 g/mol. The quantitative estimate of drug-likeness (QED) is 0.301. The van der Waals surface area contributed by atoms with Gasteiger partial charge in [0.15, 0.2) is 5.52 Å². The van der Waals surface area contributed by atoms with Gasteiger partial charge in [-0.3, -0.25) is 4.79 Å². The zero-order valence-corrected chi connectivity index (χ0v) is 21.5. The monoisotopic (exact) mass is 453 g/mol. The normalized spacial score (nSPS) is 11.7. The molecule has 2 aromatic rings. The van der Waals surface area contributed by atoms with Crippen LogP contribution in [0.3, 0.4) is 0 Å². The Morgan fingerprint density at radius 3 is 2.12 bits per heavy atom. The van der Waals surface area contributed by atoms with Crippen molar-refractivity contribution in [2.45, 2.75) is 46.5 Å². The first-order chi connectivity index (χ1) is 15.0. The molecule has 0 heterocycles. The van der Waals surface area contributed by atoms with Gasteiger partial charge in [0.25, 0.3) is 0 Å². The Morgan fingerprint density at radius 2 is 1.62 bits per heavy atom. The second-order valence-electron chi connectivity index (χ2n) is 7.57. The van der Waals surface area contributed by atoms with Gasteiger partial charge in [-0.05, 0) is 50.8 Å². The predicted octanol–water partition coefficient (Wildman–Crippen LogP) is 5.38. The summed E-state index contributed by atoms with van der Waals surface area (Å²) in [7, 11) is 4.59. The molecule has 2 unspecified atom stereocenters. The van der Waals surface area contributed by atoms with E-state index in [0.717, 1.165) is 29.6 Å². The van der Waals surface area contributed by atoms with Gasteiger partial charge in [-0.1, -0.05) is 39.2 Å². The summed E-state index contributed by atoms with van der Waals surface area (Å²) in [6.45, 7) is 7.18. The van der Waals surface area contributed by atoms with Gasteiger partial charge in [-0.15, -0.1) is 0 Å². The van der Waals surface area contributed by atoms with E-state index >= 15 is 0 Å². The molecule has 0 saturated carbocycles. The van der Waals surface area contributed by atoms with Crippen molar-refractivity contribution < 1.29 is 23.7 Å². The van der Waals surface area contributed by atoms with E-state index in [1.165, 1.54) is 33.5 Å². The van der Waals surface area contributed by atoms with Crippen LogP contribution in [-0.2, 0) is 0 Å². The zero-order valence-electron chi connectivity index (χ0n) is 20.5. The standard InChI is InChI=1S/C25H35O5P.Li/c1-7-9-10-18(8-2)16-30-19-11-12-23(17(3)13-19)31-25(26)24-21(28-5)14-20(27-4)15-22(24)29-6;/h11-15,18,31H,7-10,16H2,1-6H3;. The molecule has 0 aliphatic heterocycles. The first-order valence-corrected chi connectivity index (χ1v) is 11.8. The molecule has 0 N–H and O–H groups in total. The van der Waals surface area contributed by atoms with E-state index < -0.39 is 0 Å². The SMILES string of the molecule is CCCCC(CC)COc1ccc(PC(=O)c2c(OC)cc(OC)cc2OC)c(C)c1.[Li]. The molecule has 0 aromatic heterocycles. The molecule has 0 saturated heterocycles. The summed E-state index contributed by atoms with van der Waals surface area (Å²) in [5.74, 6) is 2.91. The fourth-order valence-corrected chi connectivity index (χ4v) is 4.44. The minimum Gasteiger partial charge on any atom is -0.496 e. The number of rotatable bonds is 13. The van der Waals surface area contributed by atoms with Gasteiger partial charge in [0.1, 0.15) is 28.6 Å². The van der Waals surface area contributed by atoms with Crippen LogP contribution in [-0.4, -0.2) is 52.3 Å². The maximum atomic E-state index is 13.1. The van der Waals surface area contributed by atoms with Crippen LogP contribution in [0.1, 0.15) is 55.5 Å². The molecule has 0 fully saturated rings. The number of hydrogen-bond donors (Lipinski definition) is 0. The molecule has 32 heavy (non-hydrogen) atoms. The second kappa shape index (κ2) is 14.5. The Balaban J connectivity index is 0.00000512. The molecule has 0 amide bonds. The second-order valence-corrected chi connectivity index (χ2v) is 8.81. The number of unbranched alkanes of at least 4 members (excludes halogenated alkanes) is 1. The number of aryl methyl sites for hydroxylation is 1. The first-order valence-electron chi connectivity index (χ1n) is 10.8. The molecule has 1 radical (unpaired) electrons. The van der Waals surface area contributed by atoms with E-state index in [1.54, 1.807) is 19.2 Å². The molecule has 2 rings (SSSR count). The van der Waals surface area contributed by atoms with Gasteiger partial charge in [0.2, 0.25) is 0 Å². The van der Waals surface area contributed by atoms with Crippen molar-refractivity contribution in [3.05, 3.63) is 41.5 Å². The third-order valence-corrected chi connectivity index (χ3v) is 6.72. The Labute approximate surface area is 206 Å². The average Bonchev–Trinajstić information content (AvgIpc) is 2.79. The third-order valence-electron chi connectivity index (χ3n) is 5.42. The van der Waals surface area contributed by atoms with E-state index in [2.05, 4.69) is 13.8 Å². The summed E-state index contributed by atoms with van der Waals surface area (Å²) >= 11 is 0. The van der Waals surface area contributed by atoms with Crippen molar-refractivity contribution in [2.75, 3.05) is 27.9 Å². The van der Waals surface area contributed by atoms with Gasteiger partial charge >= 0.3 is 0 Å². The Kier molecular flexibility index (Phi) is 12.8. The van der Waals surface area contributed by atoms with Gasteiger partial charge in [-0.25, -0.2) is 0 Å². The van der Waals surface area contributed by atoms with Crippen LogP contribution in [0.2, 0.25) is 0 Å². The zero-order chi connectivity index (χ0) is 22.8. The summed E-state index contributed by atoms with van der Waals surface area (Å²) in [4.78, 5) is 13.1.